The standard InChI is InChI=1S/C23H30N2O4S/c1-16-8-7-11-22(17(16)2)25-30(27,28)21-14-12-20(13-15-21)29-18(3)23(26)24-19-9-5-4-6-10-19/h7-8,11-15,18-19,25H,4-6,9-10H2,1-3H3,(H,24,26)/t18-/m0/s1. The lowest BCUT2D eigenvalue weighted by Gasteiger charge is -2.24. The Labute approximate surface area is 179 Å². The highest BCUT2D eigenvalue weighted by atomic mass is 32.2. The molecule has 1 fully saturated rings. The van der Waals surface area contributed by atoms with Crippen LogP contribution in [0.25, 0.3) is 0 Å². The zero-order valence-electron chi connectivity index (χ0n) is 17.8. The van der Waals surface area contributed by atoms with Gasteiger partial charge in [-0.3, -0.25) is 9.52 Å². The van der Waals surface area contributed by atoms with Crippen molar-refractivity contribution in [3.8, 4) is 5.75 Å². The first-order valence-corrected chi connectivity index (χ1v) is 11.9. The number of hydrogen-bond acceptors (Lipinski definition) is 4. The molecule has 0 bridgehead atoms. The van der Waals surface area contributed by atoms with Crippen molar-refractivity contribution >= 4 is 21.6 Å². The van der Waals surface area contributed by atoms with Crippen LogP contribution in [0.2, 0.25) is 0 Å². The van der Waals surface area contributed by atoms with Crippen LogP contribution in [0.15, 0.2) is 47.4 Å². The molecule has 2 N–H and O–H groups in total. The van der Waals surface area contributed by atoms with Crippen molar-refractivity contribution in [2.24, 2.45) is 0 Å². The van der Waals surface area contributed by atoms with Crippen molar-refractivity contribution in [1.82, 2.24) is 5.32 Å². The molecular formula is C23H30N2O4S. The highest BCUT2D eigenvalue weighted by Crippen LogP contribution is 2.24. The smallest absolute Gasteiger partial charge is 0.261 e. The van der Waals surface area contributed by atoms with E-state index in [4.69, 9.17) is 4.74 Å². The van der Waals surface area contributed by atoms with Crippen LogP contribution in [0.5, 0.6) is 5.75 Å². The Hall–Kier alpha value is -2.54. The third kappa shape index (κ3) is 5.53. The molecule has 162 valence electrons. The summed E-state index contributed by atoms with van der Waals surface area (Å²) in [6.45, 7) is 5.51. The third-order valence-corrected chi connectivity index (χ3v) is 7.00. The highest BCUT2D eigenvalue weighted by molar-refractivity contribution is 7.92. The average Bonchev–Trinajstić information content (AvgIpc) is 2.72. The Bertz CT molecular complexity index is 981. The number of ether oxygens (including phenoxy) is 1. The summed E-state index contributed by atoms with van der Waals surface area (Å²) in [4.78, 5) is 12.5. The summed E-state index contributed by atoms with van der Waals surface area (Å²) in [5.41, 5.74) is 2.46. The molecule has 1 atom stereocenters. The second-order valence-corrected chi connectivity index (χ2v) is 9.61. The van der Waals surface area contributed by atoms with Crippen LogP contribution in [-0.2, 0) is 14.8 Å². The lowest BCUT2D eigenvalue weighted by molar-refractivity contribution is -0.128. The van der Waals surface area contributed by atoms with E-state index in [1.165, 1.54) is 18.6 Å². The summed E-state index contributed by atoms with van der Waals surface area (Å²) in [5.74, 6) is 0.308. The maximum absolute atomic E-state index is 12.7. The Morgan fingerprint density at radius 2 is 1.70 bits per heavy atom. The van der Waals surface area contributed by atoms with Crippen LogP contribution < -0.4 is 14.8 Å². The molecule has 1 amide bonds. The third-order valence-electron chi connectivity index (χ3n) is 5.62. The molecule has 0 heterocycles. The zero-order chi connectivity index (χ0) is 21.7. The van der Waals surface area contributed by atoms with E-state index in [-0.39, 0.29) is 16.8 Å². The lowest BCUT2D eigenvalue weighted by atomic mass is 9.95. The van der Waals surface area contributed by atoms with Crippen molar-refractivity contribution in [2.75, 3.05) is 4.72 Å². The van der Waals surface area contributed by atoms with E-state index in [1.807, 2.05) is 26.0 Å². The Kier molecular flexibility index (Phi) is 7.02. The number of rotatable bonds is 7. The number of nitrogens with one attached hydrogen (secondary N) is 2. The van der Waals surface area contributed by atoms with Crippen molar-refractivity contribution in [1.29, 1.82) is 0 Å². The summed E-state index contributed by atoms with van der Waals surface area (Å²) in [6, 6.07) is 11.8. The summed E-state index contributed by atoms with van der Waals surface area (Å²) >= 11 is 0. The SMILES string of the molecule is Cc1cccc(NS(=O)(=O)c2ccc(O[C@@H](C)C(=O)NC3CCCCC3)cc2)c1C. The van der Waals surface area contributed by atoms with Gasteiger partial charge in [0.15, 0.2) is 6.10 Å². The van der Waals surface area contributed by atoms with Gasteiger partial charge in [-0.1, -0.05) is 31.4 Å². The van der Waals surface area contributed by atoms with Crippen LogP contribution >= 0.6 is 0 Å². The minimum atomic E-state index is -3.72. The monoisotopic (exact) mass is 430 g/mol. The number of aryl methyl sites for hydroxylation is 1. The molecule has 0 radical (unpaired) electrons. The first-order chi connectivity index (χ1) is 14.3. The van der Waals surface area contributed by atoms with Gasteiger partial charge in [0.25, 0.3) is 15.9 Å². The van der Waals surface area contributed by atoms with E-state index in [2.05, 4.69) is 10.0 Å². The molecule has 6 nitrogen and oxygen atoms in total. The molecule has 30 heavy (non-hydrogen) atoms. The van der Waals surface area contributed by atoms with Crippen LogP contribution in [-0.4, -0.2) is 26.5 Å². The molecule has 0 aromatic heterocycles. The minimum Gasteiger partial charge on any atom is -0.481 e. The van der Waals surface area contributed by atoms with E-state index in [0.29, 0.717) is 11.4 Å². The molecule has 7 heteroatoms. The number of carbonyl (C=O) groups is 1. The van der Waals surface area contributed by atoms with Crippen molar-refractivity contribution in [3.63, 3.8) is 0 Å². The number of amides is 1. The topological polar surface area (TPSA) is 84.5 Å². The molecule has 1 aliphatic rings. The number of anilines is 1. The predicted octanol–water partition coefficient (Wildman–Crippen LogP) is 4.32. The van der Waals surface area contributed by atoms with Crippen LogP contribution in [0.1, 0.15) is 50.2 Å². The molecule has 0 spiro atoms. The predicted molar refractivity (Wildman–Crippen MR) is 118 cm³/mol. The van der Waals surface area contributed by atoms with Gasteiger partial charge in [-0.15, -0.1) is 0 Å². The summed E-state index contributed by atoms with van der Waals surface area (Å²) in [5, 5.41) is 3.04. The maximum atomic E-state index is 12.7. The fourth-order valence-electron chi connectivity index (χ4n) is 3.59. The minimum absolute atomic E-state index is 0.134. The van der Waals surface area contributed by atoms with Gasteiger partial charge in [-0.05, 0) is 75.1 Å². The highest BCUT2D eigenvalue weighted by Gasteiger charge is 2.21. The van der Waals surface area contributed by atoms with Gasteiger partial charge in [0.05, 0.1) is 10.6 Å². The summed E-state index contributed by atoms with van der Waals surface area (Å²) < 4.78 is 33.8. The van der Waals surface area contributed by atoms with Gasteiger partial charge in [0, 0.05) is 6.04 Å². The van der Waals surface area contributed by atoms with Gasteiger partial charge in [0.1, 0.15) is 5.75 Å². The fraction of sp³-hybridized carbons (Fsp3) is 0.435. The quantitative estimate of drug-likeness (QED) is 0.685. The fourth-order valence-corrected chi connectivity index (χ4v) is 4.71. The van der Waals surface area contributed by atoms with Crippen molar-refractivity contribution in [3.05, 3.63) is 53.6 Å². The molecule has 0 saturated heterocycles. The van der Waals surface area contributed by atoms with E-state index >= 15 is 0 Å². The van der Waals surface area contributed by atoms with E-state index < -0.39 is 16.1 Å². The van der Waals surface area contributed by atoms with E-state index in [0.717, 1.165) is 36.8 Å². The summed E-state index contributed by atoms with van der Waals surface area (Å²) in [7, 11) is -3.72. The van der Waals surface area contributed by atoms with Gasteiger partial charge in [-0.2, -0.15) is 0 Å². The van der Waals surface area contributed by atoms with Gasteiger partial charge >= 0.3 is 0 Å². The zero-order valence-corrected chi connectivity index (χ0v) is 18.6. The van der Waals surface area contributed by atoms with Crippen LogP contribution in [0.3, 0.4) is 0 Å². The molecule has 2 aromatic carbocycles. The maximum Gasteiger partial charge on any atom is 0.261 e. The molecule has 1 aliphatic carbocycles. The summed E-state index contributed by atoms with van der Waals surface area (Å²) in [6.07, 6.45) is 4.89. The second kappa shape index (κ2) is 9.51. The number of sulfonamides is 1. The molecule has 3 rings (SSSR count). The van der Waals surface area contributed by atoms with Gasteiger partial charge < -0.3 is 10.1 Å². The lowest BCUT2D eigenvalue weighted by Crippen LogP contribution is -2.43. The van der Waals surface area contributed by atoms with Crippen LogP contribution in [0, 0.1) is 13.8 Å². The first-order valence-electron chi connectivity index (χ1n) is 10.4. The molecule has 1 saturated carbocycles. The number of hydrogen-bond donors (Lipinski definition) is 2. The van der Waals surface area contributed by atoms with Gasteiger partial charge in [0.2, 0.25) is 0 Å². The molecule has 0 aliphatic heterocycles. The largest absolute Gasteiger partial charge is 0.481 e. The molecular weight excluding hydrogens is 400 g/mol. The van der Waals surface area contributed by atoms with E-state index in [9.17, 15) is 13.2 Å². The number of benzene rings is 2. The molecule has 2 aromatic rings. The Morgan fingerprint density at radius 3 is 2.37 bits per heavy atom. The first kappa shape index (κ1) is 22.2. The molecule has 0 unspecified atom stereocenters. The second-order valence-electron chi connectivity index (χ2n) is 7.93. The Morgan fingerprint density at radius 1 is 1.03 bits per heavy atom. The van der Waals surface area contributed by atoms with Crippen LogP contribution in [0.4, 0.5) is 5.69 Å². The van der Waals surface area contributed by atoms with E-state index in [1.54, 1.807) is 25.1 Å². The average molecular weight is 431 g/mol. The number of carbonyl (C=O) groups excluding carboxylic acids is 1. The normalized spacial score (nSPS) is 16.0. The van der Waals surface area contributed by atoms with Crippen molar-refractivity contribution in [2.45, 2.75) is 69.9 Å². The van der Waals surface area contributed by atoms with Gasteiger partial charge in [-0.25, -0.2) is 8.42 Å². The van der Waals surface area contributed by atoms with Crippen molar-refractivity contribution < 1.29 is 17.9 Å². The Balaban J connectivity index is 1.62.